The van der Waals surface area contributed by atoms with Gasteiger partial charge in [-0.05, 0) is 17.7 Å². The predicted octanol–water partition coefficient (Wildman–Crippen LogP) is 1.34. The van der Waals surface area contributed by atoms with Crippen molar-refractivity contribution in [2.75, 3.05) is 18.4 Å². The van der Waals surface area contributed by atoms with E-state index in [2.05, 4.69) is 0 Å². The van der Waals surface area contributed by atoms with Gasteiger partial charge in [0, 0.05) is 18.4 Å². The number of benzene rings is 1. The summed E-state index contributed by atoms with van der Waals surface area (Å²) in [6, 6.07) is 5.56. The van der Waals surface area contributed by atoms with E-state index in [1.165, 1.54) is 12.1 Å². The molecule has 0 saturated heterocycles. The molecule has 0 aliphatic rings. The van der Waals surface area contributed by atoms with E-state index in [9.17, 15) is 16.8 Å². The molecule has 8 heteroatoms. The zero-order valence-corrected chi connectivity index (χ0v) is 12.7. The molecule has 0 amide bonds. The van der Waals surface area contributed by atoms with E-state index < -0.39 is 25.6 Å². The standard InChI is InChI=1S/C11H12ClNO4S2/c1-18(14,15)9-3-4-10(8(6-12)7-13)11(5-9)19(2,16)17/h3-5,8H,6H2,1-2H3. The normalized spacial score (nSPS) is 13.8. The minimum atomic E-state index is -3.66. The van der Waals surface area contributed by atoms with Gasteiger partial charge in [-0.3, -0.25) is 0 Å². The number of sulfone groups is 2. The largest absolute Gasteiger partial charge is 0.224 e. The topological polar surface area (TPSA) is 92.1 Å². The molecule has 0 spiro atoms. The smallest absolute Gasteiger partial charge is 0.175 e. The molecule has 0 aliphatic carbocycles. The van der Waals surface area contributed by atoms with E-state index in [1.54, 1.807) is 0 Å². The Labute approximate surface area is 117 Å². The van der Waals surface area contributed by atoms with Gasteiger partial charge in [0.05, 0.1) is 21.8 Å². The first-order chi connectivity index (χ1) is 8.61. The minimum Gasteiger partial charge on any atom is -0.224 e. The molecule has 0 aromatic heterocycles. The zero-order chi connectivity index (χ0) is 14.8. The summed E-state index contributed by atoms with van der Waals surface area (Å²) in [4.78, 5) is -0.287. The highest BCUT2D eigenvalue weighted by molar-refractivity contribution is 7.91. The maximum Gasteiger partial charge on any atom is 0.175 e. The van der Waals surface area contributed by atoms with E-state index in [1.807, 2.05) is 6.07 Å². The second kappa shape index (κ2) is 5.49. The Morgan fingerprint density at radius 3 is 2.16 bits per heavy atom. The average molecular weight is 322 g/mol. The van der Waals surface area contributed by atoms with Gasteiger partial charge >= 0.3 is 0 Å². The monoisotopic (exact) mass is 321 g/mol. The minimum absolute atomic E-state index is 0.0722. The molecule has 1 atom stereocenters. The number of nitriles is 1. The Kier molecular flexibility index (Phi) is 4.61. The Morgan fingerprint density at radius 2 is 1.79 bits per heavy atom. The lowest BCUT2D eigenvalue weighted by molar-refractivity contribution is 0.598. The van der Waals surface area contributed by atoms with Crippen molar-refractivity contribution in [3.63, 3.8) is 0 Å². The van der Waals surface area contributed by atoms with Crippen molar-refractivity contribution in [1.82, 2.24) is 0 Å². The number of hydrogen-bond acceptors (Lipinski definition) is 5. The van der Waals surface area contributed by atoms with Crippen LogP contribution in [0, 0.1) is 11.3 Å². The van der Waals surface area contributed by atoms with Crippen molar-refractivity contribution in [2.45, 2.75) is 15.7 Å². The van der Waals surface area contributed by atoms with Gasteiger partial charge in [0.1, 0.15) is 0 Å². The van der Waals surface area contributed by atoms with Gasteiger partial charge in [0.2, 0.25) is 0 Å². The second-order valence-electron chi connectivity index (χ2n) is 4.08. The van der Waals surface area contributed by atoms with Gasteiger partial charge in [-0.2, -0.15) is 5.26 Å². The highest BCUT2D eigenvalue weighted by Gasteiger charge is 2.22. The maximum atomic E-state index is 11.7. The van der Waals surface area contributed by atoms with Crippen molar-refractivity contribution < 1.29 is 16.8 Å². The number of rotatable bonds is 4. The summed E-state index contributed by atoms with van der Waals surface area (Å²) in [5.41, 5.74) is 0.215. The van der Waals surface area contributed by atoms with Gasteiger partial charge in [0.15, 0.2) is 19.7 Å². The molecule has 1 aromatic rings. The van der Waals surface area contributed by atoms with Crippen LogP contribution in [0.5, 0.6) is 0 Å². The average Bonchev–Trinajstić information content (AvgIpc) is 2.28. The summed E-state index contributed by atoms with van der Waals surface area (Å²) in [6.07, 6.45) is 1.94. The molecule has 0 fully saturated rings. The fraction of sp³-hybridized carbons (Fsp3) is 0.364. The Balaban J connectivity index is 3.66. The SMILES string of the molecule is CS(=O)(=O)c1ccc(C(C#N)CCl)c(S(C)(=O)=O)c1. The molecule has 104 valence electrons. The van der Waals surface area contributed by atoms with Crippen LogP contribution in [0.3, 0.4) is 0 Å². The third-order valence-corrected chi connectivity index (χ3v) is 5.07. The summed E-state index contributed by atoms with van der Waals surface area (Å²) in [7, 11) is -7.18. The molecule has 1 unspecified atom stereocenters. The Hall–Kier alpha value is -1.10. The molecule has 0 heterocycles. The number of alkyl halides is 1. The van der Waals surface area contributed by atoms with E-state index >= 15 is 0 Å². The van der Waals surface area contributed by atoms with Crippen molar-refractivity contribution in [1.29, 1.82) is 5.26 Å². The second-order valence-corrected chi connectivity index (χ2v) is 8.39. The molecular weight excluding hydrogens is 310 g/mol. The highest BCUT2D eigenvalue weighted by atomic mass is 35.5. The van der Waals surface area contributed by atoms with Crippen LogP contribution in [-0.4, -0.2) is 35.2 Å². The van der Waals surface area contributed by atoms with Gasteiger partial charge in [-0.25, -0.2) is 16.8 Å². The molecule has 0 radical (unpaired) electrons. The molecule has 19 heavy (non-hydrogen) atoms. The summed E-state index contributed by atoms with van der Waals surface area (Å²) in [5, 5.41) is 8.95. The first-order valence-electron chi connectivity index (χ1n) is 5.11. The lowest BCUT2D eigenvalue weighted by Crippen LogP contribution is -2.09. The lowest BCUT2D eigenvalue weighted by Gasteiger charge is -2.12. The maximum absolute atomic E-state index is 11.7. The molecule has 0 N–H and O–H groups in total. The number of hydrogen-bond donors (Lipinski definition) is 0. The van der Waals surface area contributed by atoms with Crippen LogP contribution < -0.4 is 0 Å². The Bertz CT molecular complexity index is 732. The van der Waals surface area contributed by atoms with Crippen LogP contribution in [0.4, 0.5) is 0 Å². The molecule has 0 aliphatic heterocycles. The summed E-state index contributed by atoms with van der Waals surface area (Å²) in [6.45, 7) is 0. The van der Waals surface area contributed by atoms with Crippen molar-refractivity contribution in [3.8, 4) is 6.07 Å². The predicted molar refractivity (Wildman–Crippen MR) is 71.7 cm³/mol. The highest BCUT2D eigenvalue weighted by Crippen LogP contribution is 2.27. The molecular formula is C11H12ClNO4S2. The van der Waals surface area contributed by atoms with Crippen molar-refractivity contribution >= 4 is 31.3 Å². The zero-order valence-electron chi connectivity index (χ0n) is 10.3. The molecule has 1 aromatic carbocycles. The van der Waals surface area contributed by atoms with E-state index in [4.69, 9.17) is 16.9 Å². The van der Waals surface area contributed by atoms with E-state index in [0.29, 0.717) is 0 Å². The van der Waals surface area contributed by atoms with Gasteiger partial charge < -0.3 is 0 Å². The third-order valence-electron chi connectivity index (χ3n) is 2.50. The van der Waals surface area contributed by atoms with E-state index in [-0.39, 0.29) is 21.2 Å². The summed E-state index contributed by atoms with van der Waals surface area (Å²) >= 11 is 5.62. The van der Waals surface area contributed by atoms with Gasteiger partial charge in [-0.1, -0.05) is 6.07 Å². The molecule has 0 saturated carbocycles. The van der Waals surface area contributed by atoms with Crippen LogP contribution in [-0.2, 0) is 19.7 Å². The fourth-order valence-electron chi connectivity index (χ4n) is 1.54. The molecule has 1 rings (SSSR count). The quantitative estimate of drug-likeness (QED) is 0.780. The molecule has 0 bridgehead atoms. The van der Waals surface area contributed by atoms with Crippen LogP contribution in [0.2, 0.25) is 0 Å². The van der Waals surface area contributed by atoms with Crippen molar-refractivity contribution in [2.24, 2.45) is 0 Å². The van der Waals surface area contributed by atoms with Crippen LogP contribution >= 0.6 is 11.6 Å². The van der Waals surface area contributed by atoms with Crippen LogP contribution in [0.25, 0.3) is 0 Å². The van der Waals surface area contributed by atoms with Crippen LogP contribution in [0.15, 0.2) is 28.0 Å². The van der Waals surface area contributed by atoms with Crippen molar-refractivity contribution in [3.05, 3.63) is 23.8 Å². The first-order valence-corrected chi connectivity index (χ1v) is 9.42. The number of nitrogens with zero attached hydrogens (tertiary/aromatic N) is 1. The van der Waals surface area contributed by atoms with Crippen LogP contribution in [0.1, 0.15) is 11.5 Å². The summed E-state index contributed by atoms with van der Waals surface area (Å²) < 4.78 is 46.3. The molecule has 5 nitrogen and oxygen atoms in total. The number of halogens is 1. The van der Waals surface area contributed by atoms with E-state index in [0.717, 1.165) is 18.6 Å². The first kappa shape index (κ1) is 16.0. The lowest BCUT2D eigenvalue weighted by atomic mass is 10.0. The Morgan fingerprint density at radius 1 is 1.21 bits per heavy atom. The summed E-state index contributed by atoms with van der Waals surface area (Å²) in [5.74, 6) is -0.878. The fourth-order valence-corrected chi connectivity index (χ4v) is 3.48. The van der Waals surface area contributed by atoms with Gasteiger partial charge in [0.25, 0.3) is 0 Å². The third kappa shape index (κ3) is 3.69. The van der Waals surface area contributed by atoms with Gasteiger partial charge in [-0.15, -0.1) is 11.6 Å².